The molecule has 1 rings (SSSR count). The number of carbonyl (C=O) groups is 1. The average molecular weight is 1120 g/mol. The van der Waals surface area contributed by atoms with Crippen LogP contribution in [-0.4, -0.2) is 110 Å². The zero-order valence-corrected chi connectivity index (χ0v) is 51.6. The largest absolute Gasteiger partial charge is 0.394 e. The van der Waals surface area contributed by atoms with Crippen molar-refractivity contribution in [3.63, 3.8) is 0 Å². The Hall–Kier alpha value is -1.41. The van der Waals surface area contributed by atoms with Crippen LogP contribution in [0.25, 0.3) is 0 Å². The van der Waals surface area contributed by atoms with Crippen molar-refractivity contribution in [2.24, 2.45) is 0 Å². The number of aliphatic hydroxyl groups is 7. The Bertz CT molecular complexity index is 1330. The van der Waals surface area contributed by atoms with Gasteiger partial charge in [0.1, 0.15) is 36.6 Å². The van der Waals surface area contributed by atoms with Gasteiger partial charge in [0.05, 0.1) is 25.4 Å². The van der Waals surface area contributed by atoms with E-state index in [1.165, 1.54) is 250 Å². The van der Waals surface area contributed by atoms with Crippen molar-refractivity contribution in [2.75, 3.05) is 13.2 Å². The van der Waals surface area contributed by atoms with Gasteiger partial charge in [-0.1, -0.05) is 308 Å². The van der Waals surface area contributed by atoms with Crippen LogP contribution in [-0.2, 0) is 14.3 Å². The molecule has 11 heteroatoms. The molecule has 0 aromatic rings. The molecule has 0 bridgehead atoms. The molecule has 0 radical (unpaired) electrons. The maximum Gasteiger partial charge on any atom is 0.249 e. The van der Waals surface area contributed by atoms with E-state index in [1.807, 2.05) is 0 Å². The van der Waals surface area contributed by atoms with E-state index in [0.717, 1.165) is 38.5 Å². The molecule has 11 nitrogen and oxygen atoms in total. The molecule has 468 valence electrons. The summed E-state index contributed by atoms with van der Waals surface area (Å²) in [5.41, 5.74) is 0. The van der Waals surface area contributed by atoms with Gasteiger partial charge in [-0.2, -0.15) is 0 Å². The van der Waals surface area contributed by atoms with Gasteiger partial charge in [0.15, 0.2) is 6.29 Å². The zero-order chi connectivity index (χ0) is 57.5. The molecule has 9 atom stereocenters. The van der Waals surface area contributed by atoms with Crippen LogP contribution in [0.1, 0.15) is 335 Å². The summed E-state index contributed by atoms with van der Waals surface area (Å²) in [6, 6.07) is -1.19. The first kappa shape index (κ1) is 75.6. The van der Waals surface area contributed by atoms with E-state index < -0.39 is 74.2 Å². The molecule has 8 N–H and O–H groups in total. The van der Waals surface area contributed by atoms with Gasteiger partial charge in [-0.15, -0.1) is 0 Å². The third-order valence-corrected chi connectivity index (χ3v) is 16.7. The average Bonchev–Trinajstić information content (AvgIpc) is 3.46. The first-order valence-corrected chi connectivity index (χ1v) is 34.2. The number of nitrogens with one attached hydrogen (secondary N) is 1. The molecule has 1 heterocycles. The summed E-state index contributed by atoms with van der Waals surface area (Å²) < 4.78 is 11.2. The maximum absolute atomic E-state index is 13.2. The lowest BCUT2D eigenvalue weighted by Gasteiger charge is -2.40. The maximum atomic E-state index is 13.2. The van der Waals surface area contributed by atoms with Gasteiger partial charge in [0.2, 0.25) is 5.91 Å². The molecule has 1 saturated heterocycles. The number of allylic oxidation sites excluding steroid dienone is 4. The second-order valence-electron chi connectivity index (χ2n) is 24.2. The Morgan fingerprint density at radius 1 is 0.430 bits per heavy atom. The molecule has 1 aliphatic heterocycles. The highest BCUT2D eigenvalue weighted by atomic mass is 16.7. The quantitative estimate of drug-likeness (QED) is 0.0215. The molecule has 0 aromatic heterocycles. The Balaban J connectivity index is 2.22. The standard InChI is InChI=1S/C68H131NO10/c1-3-5-7-9-11-13-15-17-19-21-23-25-27-28-29-30-31-32-33-34-36-38-40-42-44-46-48-50-52-54-56-61(72)67(77)69-59(58-78-68-66(76)65(75)64(74)62(57-70)79-68)63(73)60(71)55-53-51-49-47-45-43-41-39-37-35-26-24-22-20-18-16-14-12-10-8-6-4-2/h39,41,47,49,59-66,68,70-76H,3-38,40,42-46,48,50-58H2,1-2H3,(H,69,77)/b41-39+,49-47+. The van der Waals surface area contributed by atoms with Gasteiger partial charge in [-0.25, -0.2) is 0 Å². The van der Waals surface area contributed by atoms with Gasteiger partial charge in [0, 0.05) is 0 Å². The number of aliphatic hydroxyl groups excluding tert-OH is 7. The first-order valence-electron chi connectivity index (χ1n) is 34.2. The molecule has 79 heavy (non-hydrogen) atoms. The van der Waals surface area contributed by atoms with Crippen LogP contribution in [0.4, 0.5) is 0 Å². The number of unbranched alkanes of at least 4 members (excludes halogenated alkanes) is 44. The molecule has 0 saturated carbocycles. The van der Waals surface area contributed by atoms with E-state index >= 15 is 0 Å². The molecule has 0 spiro atoms. The fourth-order valence-corrected chi connectivity index (χ4v) is 11.2. The lowest BCUT2D eigenvalue weighted by molar-refractivity contribution is -0.303. The highest BCUT2D eigenvalue weighted by Gasteiger charge is 2.44. The molecule has 1 aliphatic rings. The molecule has 1 amide bonds. The number of hydrogen-bond donors (Lipinski definition) is 8. The summed E-state index contributed by atoms with van der Waals surface area (Å²) in [5.74, 6) is -0.703. The van der Waals surface area contributed by atoms with Gasteiger partial charge in [-0.3, -0.25) is 4.79 Å². The summed E-state index contributed by atoms with van der Waals surface area (Å²) in [4.78, 5) is 13.2. The predicted octanol–water partition coefficient (Wildman–Crippen LogP) is 16.0. The van der Waals surface area contributed by atoms with E-state index in [4.69, 9.17) is 9.47 Å². The lowest BCUT2D eigenvalue weighted by Crippen LogP contribution is -2.60. The van der Waals surface area contributed by atoms with E-state index in [-0.39, 0.29) is 12.8 Å². The second kappa shape index (κ2) is 57.0. The van der Waals surface area contributed by atoms with Crippen molar-refractivity contribution >= 4 is 5.91 Å². The summed E-state index contributed by atoms with van der Waals surface area (Å²) in [6.07, 6.45) is 59.8. The van der Waals surface area contributed by atoms with Crippen LogP contribution in [0.2, 0.25) is 0 Å². The number of amides is 1. The fraction of sp³-hybridized carbons (Fsp3) is 0.926. The van der Waals surface area contributed by atoms with Crippen LogP contribution in [0.5, 0.6) is 0 Å². The Labute approximate surface area is 486 Å². The number of carbonyl (C=O) groups excluding carboxylic acids is 1. The van der Waals surface area contributed by atoms with Gasteiger partial charge in [0.25, 0.3) is 0 Å². The summed E-state index contributed by atoms with van der Waals surface area (Å²) in [6.45, 7) is 3.49. The Morgan fingerprint density at radius 3 is 1.13 bits per heavy atom. The molecule has 0 aromatic carbocycles. The van der Waals surface area contributed by atoms with Crippen molar-refractivity contribution in [2.45, 2.75) is 390 Å². The minimum absolute atomic E-state index is 0.249. The van der Waals surface area contributed by atoms with Crippen LogP contribution in [0.15, 0.2) is 24.3 Å². The SMILES string of the molecule is CCCCCCCCCCCCCCC/C=C/CC/C=C/CCCC(O)C(O)C(COC1OC(CO)C(O)C(O)C1O)NC(=O)C(O)CCCCCCCCCCCCCCCCCCCCCCCCCCCCCCCC. The van der Waals surface area contributed by atoms with Crippen molar-refractivity contribution in [3.8, 4) is 0 Å². The summed E-state index contributed by atoms with van der Waals surface area (Å²) in [5, 5.41) is 76.4. The normalized spacial score (nSPS) is 19.4. The minimum atomic E-state index is -1.67. The third-order valence-electron chi connectivity index (χ3n) is 16.7. The molecular weight excluding hydrogens is 991 g/mol. The van der Waals surface area contributed by atoms with Crippen LogP contribution in [0.3, 0.4) is 0 Å². The fourth-order valence-electron chi connectivity index (χ4n) is 11.2. The van der Waals surface area contributed by atoms with E-state index in [9.17, 15) is 40.5 Å². The van der Waals surface area contributed by atoms with Crippen LogP contribution < -0.4 is 5.32 Å². The van der Waals surface area contributed by atoms with Gasteiger partial charge < -0.3 is 50.5 Å². The molecule has 9 unspecified atom stereocenters. The smallest absolute Gasteiger partial charge is 0.249 e. The van der Waals surface area contributed by atoms with Crippen molar-refractivity contribution in [3.05, 3.63) is 24.3 Å². The Morgan fingerprint density at radius 2 is 0.759 bits per heavy atom. The van der Waals surface area contributed by atoms with Gasteiger partial charge >= 0.3 is 0 Å². The third kappa shape index (κ3) is 44.7. The second-order valence-corrected chi connectivity index (χ2v) is 24.2. The highest BCUT2D eigenvalue weighted by molar-refractivity contribution is 5.80. The number of ether oxygens (including phenoxy) is 2. The number of hydrogen-bond acceptors (Lipinski definition) is 10. The van der Waals surface area contributed by atoms with Crippen molar-refractivity contribution in [1.82, 2.24) is 5.32 Å². The van der Waals surface area contributed by atoms with Crippen molar-refractivity contribution < 1.29 is 50.0 Å². The summed E-state index contributed by atoms with van der Waals surface area (Å²) in [7, 11) is 0. The minimum Gasteiger partial charge on any atom is -0.394 e. The lowest BCUT2D eigenvalue weighted by atomic mass is 9.98. The van der Waals surface area contributed by atoms with Gasteiger partial charge in [-0.05, 0) is 51.4 Å². The van der Waals surface area contributed by atoms with E-state index in [0.29, 0.717) is 19.3 Å². The highest BCUT2D eigenvalue weighted by Crippen LogP contribution is 2.24. The Kier molecular flexibility index (Phi) is 54.6. The molecule has 1 fully saturated rings. The molecular formula is C68H131NO10. The van der Waals surface area contributed by atoms with Crippen LogP contribution in [0, 0.1) is 0 Å². The predicted molar refractivity (Wildman–Crippen MR) is 330 cm³/mol. The van der Waals surface area contributed by atoms with E-state index in [1.54, 1.807) is 0 Å². The summed E-state index contributed by atoms with van der Waals surface area (Å²) >= 11 is 0. The zero-order valence-electron chi connectivity index (χ0n) is 51.6. The molecule has 0 aliphatic carbocycles. The topological polar surface area (TPSA) is 189 Å². The van der Waals surface area contributed by atoms with Crippen LogP contribution >= 0.6 is 0 Å². The monoisotopic (exact) mass is 1120 g/mol. The van der Waals surface area contributed by atoms with Crippen molar-refractivity contribution in [1.29, 1.82) is 0 Å². The first-order chi connectivity index (χ1) is 38.7. The number of rotatable bonds is 60. The van der Waals surface area contributed by atoms with E-state index in [2.05, 4.69) is 43.5 Å².